The molecule has 0 saturated heterocycles. The van der Waals surface area contributed by atoms with E-state index in [9.17, 15) is 9.59 Å². The lowest BCUT2D eigenvalue weighted by Crippen LogP contribution is -2.16. The molecule has 0 unspecified atom stereocenters. The Labute approximate surface area is 112 Å². The Morgan fingerprint density at radius 3 is 2.94 bits per heavy atom. The largest absolute Gasteiger partial charge is 0.343 e. The zero-order valence-corrected chi connectivity index (χ0v) is 11.7. The van der Waals surface area contributed by atoms with Gasteiger partial charge in [0.1, 0.15) is 0 Å². The van der Waals surface area contributed by atoms with Crippen molar-refractivity contribution < 1.29 is 4.79 Å². The van der Waals surface area contributed by atoms with E-state index in [1.807, 2.05) is 26.0 Å². The smallest absolute Gasteiger partial charge is 0.292 e. The topological polar surface area (TPSA) is 67.8 Å². The molecular formula is C11H13N3O2S2. The number of carbonyl (C=O) groups excluding carboxylic acids is 1. The van der Waals surface area contributed by atoms with E-state index in [4.69, 9.17) is 0 Å². The molecule has 0 amide bonds. The van der Waals surface area contributed by atoms with Crippen molar-refractivity contribution in [1.29, 1.82) is 0 Å². The average molecular weight is 283 g/mol. The Morgan fingerprint density at radius 1 is 1.56 bits per heavy atom. The van der Waals surface area contributed by atoms with Crippen LogP contribution < -0.4 is 5.69 Å². The van der Waals surface area contributed by atoms with Gasteiger partial charge in [-0.15, -0.1) is 16.4 Å². The lowest BCUT2D eigenvalue weighted by atomic mass is 10.3. The number of ketones is 1. The maximum atomic E-state index is 11.9. The summed E-state index contributed by atoms with van der Waals surface area (Å²) in [5, 5.41) is 6.84. The summed E-state index contributed by atoms with van der Waals surface area (Å²) in [5.74, 6) is 0.362. The highest BCUT2D eigenvalue weighted by Crippen LogP contribution is 2.20. The third-order valence-electron chi connectivity index (χ3n) is 2.39. The minimum absolute atomic E-state index is 0.0659. The maximum absolute atomic E-state index is 11.9. The number of aryl methyl sites for hydroxylation is 1. The Balaban J connectivity index is 2.03. The number of Topliss-reactive ketones (excluding diaryl/α,β-unsaturated/α-hetero) is 1. The summed E-state index contributed by atoms with van der Waals surface area (Å²) in [6.45, 7) is 4.38. The van der Waals surface area contributed by atoms with Crippen LogP contribution in [-0.4, -0.2) is 26.3 Å². The van der Waals surface area contributed by atoms with E-state index in [0.29, 0.717) is 17.5 Å². The zero-order valence-electron chi connectivity index (χ0n) is 10.1. The molecule has 0 aliphatic heterocycles. The summed E-state index contributed by atoms with van der Waals surface area (Å²) in [5.41, 5.74) is -0.237. The molecular weight excluding hydrogens is 270 g/mol. The van der Waals surface area contributed by atoms with Crippen LogP contribution in [0.4, 0.5) is 0 Å². The monoisotopic (exact) mass is 283 g/mol. The highest BCUT2D eigenvalue weighted by atomic mass is 32.2. The number of hydrogen-bond acceptors (Lipinski definition) is 5. The van der Waals surface area contributed by atoms with Crippen LogP contribution in [-0.2, 0) is 6.54 Å². The number of thiophene rings is 1. The normalized spacial score (nSPS) is 10.8. The predicted octanol–water partition coefficient (Wildman–Crippen LogP) is 1.94. The minimum Gasteiger partial charge on any atom is -0.292 e. The fraction of sp³-hybridized carbons (Fsp3) is 0.364. The molecule has 2 aromatic heterocycles. The lowest BCUT2D eigenvalue weighted by Gasteiger charge is -2.00. The molecule has 0 spiro atoms. The minimum atomic E-state index is -0.237. The van der Waals surface area contributed by atoms with E-state index in [-0.39, 0.29) is 11.5 Å². The van der Waals surface area contributed by atoms with Crippen molar-refractivity contribution in [3.63, 3.8) is 0 Å². The van der Waals surface area contributed by atoms with Gasteiger partial charge in [-0.3, -0.25) is 9.36 Å². The third kappa shape index (κ3) is 2.73. The van der Waals surface area contributed by atoms with Crippen LogP contribution in [0.25, 0.3) is 0 Å². The molecule has 5 nitrogen and oxygen atoms in total. The van der Waals surface area contributed by atoms with E-state index < -0.39 is 0 Å². The summed E-state index contributed by atoms with van der Waals surface area (Å²) in [6.07, 6.45) is 0. The Kier molecular flexibility index (Phi) is 4.03. The summed E-state index contributed by atoms with van der Waals surface area (Å²) in [6, 6.07) is 3.76. The number of aromatic nitrogens is 3. The van der Waals surface area contributed by atoms with Gasteiger partial charge in [0.15, 0.2) is 10.9 Å². The number of nitrogens with one attached hydrogen (secondary N) is 1. The first-order valence-electron chi connectivity index (χ1n) is 5.49. The van der Waals surface area contributed by atoms with Crippen LogP contribution >= 0.6 is 23.1 Å². The van der Waals surface area contributed by atoms with Gasteiger partial charge in [0.2, 0.25) is 0 Å². The van der Waals surface area contributed by atoms with Crippen LogP contribution in [0.5, 0.6) is 0 Å². The van der Waals surface area contributed by atoms with Crippen molar-refractivity contribution in [2.75, 3.05) is 5.75 Å². The number of thioether (sulfide) groups is 1. The molecule has 0 aromatic carbocycles. The molecule has 0 aliphatic carbocycles. The quantitative estimate of drug-likeness (QED) is 0.672. The Morgan fingerprint density at radius 2 is 2.33 bits per heavy atom. The molecule has 0 atom stereocenters. The zero-order chi connectivity index (χ0) is 13.1. The van der Waals surface area contributed by atoms with Gasteiger partial charge in [0, 0.05) is 11.4 Å². The van der Waals surface area contributed by atoms with Crippen molar-refractivity contribution in [3.8, 4) is 0 Å². The summed E-state index contributed by atoms with van der Waals surface area (Å²) in [4.78, 5) is 25.1. The number of nitrogens with zero attached hydrogens (tertiary/aromatic N) is 2. The summed E-state index contributed by atoms with van der Waals surface area (Å²) < 4.78 is 1.51. The molecule has 0 aliphatic rings. The predicted molar refractivity (Wildman–Crippen MR) is 72.6 cm³/mol. The van der Waals surface area contributed by atoms with Gasteiger partial charge in [-0.1, -0.05) is 11.8 Å². The fourth-order valence-electron chi connectivity index (χ4n) is 1.48. The second-order valence-corrected chi connectivity index (χ2v) is 5.91. The van der Waals surface area contributed by atoms with Crippen LogP contribution in [0.1, 0.15) is 21.5 Å². The van der Waals surface area contributed by atoms with E-state index >= 15 is 0 Å². The molecule has 7 heteroatoms. The van der Waals surface area contributed by atoms with E-state index in [1.54, 1.807) is 0 Å². The molecule has 0 saturated carbocycles. The first-order chi connectivity index (χ1) is 8.61. The molecule has 96 valence electrons. The standard InChI is InChI=1S/C11H13N3O2S2/c1-3-14-10(16)12-13-11(14)17-6-8(15)9-5-4-7(2)18-9/h4-5H,3,6H2,1-2H3,(H,12,16). The van der Waals surface area contributed by atoms with Crippen LogP contribution in [0.2, 0.25) is 0 Å². The molecule has 18 heavy (non-hydrogen) atoms. The van der Waals surface area contributed by atoms with Gasteiger partial charge in [-0.05, 0) is 26.0 Å². The molecule has 0 fully saturated rings. The molecule has 2 aromatic rings. The van der Waals surface area contributed by atoms with E-state index in [1.165, 1.54) is 27.7 Å². The van der Waals surface area contributed by atoms with Gasteiger partial charge >= 0.3 is 5.69 Å². The van der Waals surface area contributed by atoms with Crippen LogP contribution in [0.3, 0.4) is 0 Å². The maximum Gasteiger partial charge on any atom is 0.343 e. The summed E-state index contributed by atoms with van der Waals surface area (Å²) >= 11 is 2.77. The fourth-order valence-corrected chi connectivity index (χ4v) is 3.27. The van der Waals surface area contributed by atoms with Crippen molar-refractivity contribution in [2.24, 2.45) is 0 Å². The van der Waals surface area contributed by atoms with Gasteiger partial charge < -0.3 is 0 Å². The lowest BCUT2D eigenvalue weighted by molar-refractivity contribution is 0.102. The number of aromatic amines is 1. The SMILES string of the molecule is CCn1c(SCC(=O)c2ccc(C)s2)n[nH]c1=O. The first-order valence-corrected chi connectivity index (χ1v) is 7.29. The number of hydrogen-bond donors (Lipinski definition) is 1. The van der Waals surface area contributed by atoms with E-state index in [0.717, 1.165) is 9.75 Å². The van der Waals surface area contributed by atoms with Gasteiger partial charge in [0.05, 0.1) is 10.6 Å². The van der Waals surface area contributed by atoms with Gasteiger partial charge in [-0.25, -0.2) is 9.89 Å². The molecule has 2 rings (SSSR count). The van der Waals surface area contributed by atoms with Gasteiger partial charge in [0.25, 0.3) is 0 Å². The van der Waals surface area contributed by atoms with Crippen molar-refractivity contribution >= 4 is 28.9 Å². The molecule has 2 heterocycles. The summed E-state index contributed by atoms with van der Waals surface area (Å²) in [7, 11) is 0. The second kappa shape index (κ2) is 5.53. The number of carbonyl (C=O) groups is 1. The molecule has 0 radical (unpaired) electrons. The number of rotatable bonds is 5. The highest BCUT2D eigenvalue weighted by Gasteiger charge is 2.12. The molecule has 0 bridgehead atoms. The van der Waals surface area contributed by atoms with Crippen LogP contribution in [0, 0.1) is 6.92 Å². The average Bonchev–Trinajstić information content (AvgIpc) is 2.92. The molecule has 1 N–H and O–H groups in total. The highest BCUT2D eigenvalue weighted by molar-refractivity contribution is 7.99. The van der Waals surface area contributed by atoms with Crippen LogP contribution in [0.15, 0.2) is 22.1 Å². The van der Waals surface area contributed by atoms with Crippen molar-refractivity contribution in [3.05, 3.63) is 32.4 Å². The Hall–Kier alpha value is -1.34. The third-order valence-corrected chi connectivity index (χ3v) is 4.41. The van der Waals surface area contributed by atoms with Crippen molar-refractivity contribution in [2.45, 2.75) is 25.5 Å². The van der Waals surface area contributed by atoms with E-state index in [2.05, 4.69) is 10.2 Å². The van der Waals surface area contributed by atoms with Crippen molar-refractivity contribution in [1.82, 2.24) is 14.8 Å². The first kappa shape index (κ1) is 13.1. The number of H-pyrrole nitrogens is 1. The second-order valence-electron chi connectivity index (χ2n) is 3.68. The van der Waals surface area contributed by atoms with Gasteiger partial charge in [-0.2, -0.15) is 0 Å². The Bertz CT molecular complexity index is 612.